The predicted octanol–water partition coefficient (Wildman–Crippen LogP) is 1.62. The smallest absolute Gasteiger partial charge is 0.234 e. The highest BCUT2D eigenvalue weighted by atomic mass is 14.9. The third kappa shape index (κ3) is 1.84. The van der Waals surface area contributed by atoms with Crippen molar-refractivity contribution in [2.24, 2.45) is 5.41 Å². The molecule has 0 atom stereocenters. The third-order valence-electron chi connectivity index (χ3n) is 2.06. The van der Waals surface area contributed by atoms with Gasteiger partial charge >= 0.3 is 0 Å². The third-order valence-corrected chi connectivity index (χ3v) is 2.06. The van der Waals surface area contributed by atoms with Crippen molar-refractivity contribution in [1.29, 1.82) is 0 Å². The standard InChI is InChI=1S/C9H16N/c1-9(2,3)8-4-6-10-7-5-8/h10H,1-2,4-7H2,3H3/q+2. The van der Waals surface area contributed by atoms with E-state index in [0.717, 1.165) is 25.9 Å². The number of hydrogen-bond donors (Lipinski definition) is 1. The van der Waals surface area contributed by atoms with Crippen molar-refractivity contribution in [2.75, 3.05) is 13.1 Å². The molecule has 0 spiro atoms. The fourth-order valence-electron chi connectivity index (χ4n) is 1.33. The highest BCUT2D eigenvalue weighted by molar-refractivity contribution is 5.10. The van der Waals surface area contributed by atoms with Crippen molar-refractivity contribution in [3.8, 4) is 0 Å². The average molecular weight is 138 g/mol. The molecule has 0 unspecified atom stereocenters. The summed E-state index contributed by atoms with van der Waals surface area (Å²) < 4.78 is 0. The van der Waals surface area contributed by atoms with Crippen molar-refractivity contribution in [3.63, 3.8) is 0 Å². The first kappa shape index (κ1) is 7.80. The van der Waals surface area contributed by atoms with Crippen molar-refractivity contribution in [1.82, 2.24) is 5.32 Å². The van der Waals surface area contributed by atoms with Gasteiger partial charge in [-0.2, -0.15) is 0 Å². The van der Waals surface area contributed by atoms with Gasteiger partial charge in [-0.25, -0.2) is 0 Å². The summed E-state index contributed by atoms with van der Waals surface area (Å²) in [5, 5.41) is 3.31. The van der Waals surface area contributed by atoms with Crippen LogP contribution >= 0.6 is 0 Å². The first-order chi connectivity index (χ1) is 4.61. The van der Waals surface area contributed by atoms with Gasteiger partial charge < -0.3 is 5.32 Å². The first-order valence-electron chi connectivity index (χ1n) is 3.87. The summed E-state index contributed by atoms with van der Waals surface area (Å²) in [5.74, 6) is 1.51. The van der Waals surface area contributed by atoms with Crippen molar-refractivity contribution < 1.29 is 0 Å². The summed E-state index contributed by atoms with van der Waals surface area (Å²) in [6.07, 6.45) is 2.31. The second kappa shape index (κ2) is 2.75. The minimum atomic E-state index is -0.0535. The second-order valence-corrected chi connectivity index (χ2v) is 3.41. The lowest BCUT2D eigenvalue weighted by atomic mass is 9.76. The zero-order chi connectivity index (χ0) is 7.61. The van der Waals surface area contributed by atoms with Crippen LogP contribution in [0.25, 0.3) is 0 Å². The minimum Gasteiger partial charge on any atom is -0.317 e. The molecule has 1 nitrogen and oxygen atoms in total. The Balaban J connectivity index is 2.39. The minimum absolute atomic E-state index is 0.0535. The molecule has 0 aromatic rings. The zero-order valence-corrected chi connectivity index (χ0v) is 6.74. The number of nitrogens with one attached hydrogen (secondary N) is 1. The maximum absolute atomic E-state index is 4.02. The van der Waals surface area contributed by atoms with E-state index in [1.807, 2.05) is 0 Å². The normalized spacial score (nSPS) is 22.9. The Hall–Kier alpha value is -0.300. The van der Waals surface area contributed by atoms with E-state index < -0.39 is 0 Å². The highest BCUT2D eigenvalue weighted by Gasteiger charge is 2.38. The summed E-state index contributed by atoms with van der Waals surface area (Å²) in [7, 11) is 0. The van der Waals surface area contributed by atoms with E-state index in [1.54, 1.807) is 0 Å². The van der Waals surface area contributed by atoms with Crippen LogP contribution in [-0.4, -0.2) is 13.1 Å². The maximum atomic E-state index is 4.02. The molecule has 1 aliphatic heterocycles. The monoisotopic (exact) mass is 138 g/mol. The summed E-state index contributed by atoms with van der Waals surface area (Å²) in [5.41, 5.74) is -0.0535. The van der Waals surface area contributed by atoms with E-state index in [9.17, 15) is 0 Å². The number of piperidine rings is 1. The van der Waals surface area contributed by atoms with E-state index in [0.29, 0.717) is 0 Å². The molecule has 1 radical (unpaired) electrons. The van der Waals surface area contributed by atoms with Crippen LogP contribution in [0.3, 0.4) is 0 Å². The van der Waals surface area contributed by atoms with E-state index in [-0.39, 0.29) is 5.41 Å². The van der Waals surface area contributed by atoms with Crippen LogP contribution in [0.15, 0.2) is 0 Å². The van der Waals surface area contributed by atoms with Crippen molar-refractivity contribution in [2.45, 2.75) is 19.8 Å². The second-order valence-electron chi connectivity index (χ2n) is 3.41. The Morgan fingerprint density at radius 3 is 2.10 bits per heavy atom. The van der Waals surface area contributed by atoms with Gasteiger partial charge in [-0.05, 0) is 25.9 Å². The molecule has 0 saturated carbocycles. The van der Waals surface area contributed by atoms with E-state index in [2.05, 4.69) is 26.1 Å². The number of rotatable bonds is 1. The largest absolute Gasteiger partial charge is 0.317 e. The molecule has 0 aromatic carbocycles. The van der Waals surface area contributed by atoms with Gasteiger partial charge in [0.1, 0.15) is 13.8 Å². The van der Waals surface area contributed by atoms with Gasteiger partial charge in [0, 0.05) is 6.92 Å². The summed E-state index contributed by atoms with van der Waals surface area (Å²) >= 11 is 0. The van der Waals surface area contributed by atoms with Gasteiger partial charge in [0.25, 0.3) is 0 Å². The van der Waals surface area contributed by atoms with Crippen LogP contribution in [0.5, 0.6) is 0 Å². The number of hydrogen-bond acceptors (Lipinski definition) is 1. The average Bonchev–Trinajstić information content (AvgIpc) is 1.88. The van der Waals surface area contributed by atoms with Gasteiger partial charge in [-0.15, -0.1) is 0 Å². The Morgan fingerprint density at radius 1 is 1.30 bits per heavy atom. The van der Waals surface area contributed by atoms with Gasteiger partial charge in [0.15, 0.2) is 0 Å². The fraction of sp³-hybridized carbons (Fsp3) is 0.667. The Kier molecular flexibility index (Phi) is 2.14. The molecule has 1 N–H and O–H groups in total. The van der Waals surface area contributed by atoms with Crippen LogP contribution < -0.4 is 5.32 Å². The lowest BCUT2D eigenvalue weighted by Gasteiger charge is -2.23. The molecular weight excluding hydrogens is 122 g/mol. The molecule has 0 aromatic heterocycles. The molecule has 1 heteroatoms. The molecule has 1 fully saturated rings. The molecule has 1 aliphatic rings. The van der Waals surface area contributed by atoms with E-state index >= 15 is 0 Å². The molecular formula is C9H16N+2. The van der Waals surface area contributed by atoms with Gasteiger partial charge in [0.05, 0.1) is 5.92 Å². The maximum Gasteiger partial charge on any atom is 0.234 e. The van der Waals surface area contributed by atoms with Gasteiger partial charge in [-0.1, -0.05) is 0 Å². The summed E-state index contributed by atoms with van der Waals surface area (Å²) in [4.78, 5) is 0. The molecule has 10 heavy (non-hydrogen) atoms. The first-order valence-corrected chi connectivity index (χ1v) is 3.87. The van der Waals surface area contributed by atoms with Crippen LogP contribution in [0.4, 0.5) is 0 Å². The predicted molar refractivity (Wildman–Crippen MR) is 44.2 cm³/mol. The van der Waals surface area contributed by atoms with Crippen LogP contribution in [-0.2, 0) is 0 Å². The molecule has 0 amide bonds. The Labute approximate surface area is 64.2 Å². The Morgan fingerprint density at radius 2 is 1.80 bits per heavy atom. The lowest BCUT2D eigenvalue weighted by molar-refractivity contribution is 0.422. The summed E-state index contributed by atoms with van der Waals surface area (Å²) in [6.45, 7) is 12.3. The van der Waals surface area contributed by atoms with Crippen LogP contribution in [0.1, 0.15) is 19.8 Å². The van der Waals surface area contributed by atoms with E-state index in [4.69, 9.17) is 0 Å². The van der Waals surface area contributed by atoms with Crippen molar-refractivity contribution >= 4 is 0 Å². The topological polar surface area (TPSA) is 12.0 Å². The quantitative estimate of drug-likeness (QED) is 0.543. The van der Waals surface area contributed by atoms with Gasteiger partial charge in [0.2, 0.25) is 5.41 Å². The van der Waals surface area contributed by atoms with Gasteiger partial charge in [-0.3, -0.25) is 0 Å². The SMILES string of the molecule is [CH2+]C([CH2+])(C)[C]1CCNCC1. The molecule has 55 valence electrons. The molecule has 1 saturated heterocycles. The molecule has 0 bridgehead atoms. The van der Waals surface area contributed by atoms with Crippen LogP contribution in [0, 0.1) is 25.2 Å². The lowest BCUT2D eigenvalue weighted by Crippen LogP contribution is -2.33. The van der Waals surface area contributed by atoms with Crippen molar-refractivity contribution in [3.05, 3.63) is 19.8 Å². The fourth-order valence-corrected chi connectivity index (χ4v) is 1.33. The molecule has 1 heterocycles. The summed E-state index contributed by atoms with van der Waals surface area (Å²) in [6, 6.07) is 0. The molecule has 1 rings (SSSR count). The van der Waals surface area contributed by atoms with Crippen LogP contribution in [0.2, 0.25) is 0 Å². The van der Waals surface area contributed by atoms with E-state index in [1.165, 1.54) is 5.92 Å². The zero-order valence-electron chi connectivity index (χ0n) is 6.74. The Bertz CT molecular complexity index is 95.8. The highest BCUT2D eigenvalue weighted by Crippen LogP contribution is 2.33. The molecule has 0 aliphatic carbocycles.